The van der Waals surface area contributed by atoms with Crippen molar-refractivity contribution in [3.05, 3.63) is 29.8 Å². The summed E-state index contributed by atoms with van der Waals surface area (Å²) in [5.41, 5.74) is 1.84. The molecule has 0 radical (unpaired) electrons. The summed E-state index contributed by atoms with van der Waals surface area (Å²) >= 11 is 0. The van der Waals surface area contributed by atoms with Gasteiger partial charge in [-0.2, -0.15) is 0 Å². The third-order valence-electron chi connectivity index (χ3n) is 1.93. The zero-order valence-electron chi connectivity index (χ0n) is 9.40. The van der Waals surface area contributed by atoms with E-state index in [4.69, 9.17) is 5.21 Å². The van der Waals surface area contributed by atoms with Crippen molar-refractivity contribution < 1.29 is 14.9 Å². The van der Waals surface area contributed by atoms with Gasteiger partial charge in [0.1, 0.15) is 12.8 Å². The van der Waals surface area contributed by atoms with E-state index in [0.717, 1.165) is 18.3 Å². The minimum Gasteiger partial charge on any atom is -0.411 e. The second-order valence-corrected chi connectivity index (χ2v) is 3.82. The number of nitrogens with one attached hydrogen (secondary N) is 2. The maximum Gasteiger partial charge on any atom is 0.270 e. The van der Waals surface area contributed by atoms with Gasteiger partial charge in [-0.3, -0.25) is 4.79 Å². The molecule has 5 heteroatoms. The summed E-state index contributed by atoms with van der Waals surface area (Å²) in [5, 5.41) is 13.5. The highest BCUT2D eigenvalue weighted by molar-refractivity contribution is 6.31. The minimum atomic E-state index is -0.447. The van der Waals surface area contributed by atoms with Gasteiger partial charge in [0, 0.05) is 11.3 Å². The average molecular weight is 222 g/mol. The minimum absolute atomic E-state index is 0.447. The molecule has 0 aromatic heterocycles. The molecule has 0 fully saturated rings. The summed E-state index contributed by atoms with van der Waals surface area (Å²) in [7, 11) is 4.12. The topological polar surface area (TPSA) is 66.1 Å². The van der Waals surface area contributed by atoms with Crippen molar-refractivity contribution in [2.24, 2.45) is 5.16 Å². The van der Waals surface area contributed by atoms with Crippen LogP contribution >= 0.6 is 0 Å². The van der Waals surface area contributed by atoms with Crippen LogP contribution in [0.1, 0.15) is 5.56 Å². The van der Waals surface area contributed by atoms with Gasteiger partial charge < -0.3 is 15.4 Å². The first kappa shape index (κ1) is 12.2. The van der Waals surface area contributed by atoms with Crippen molar-refractivity contribution in [1.29, 1.82) is 0 Å². The van der Waals surface area contributed by atoms with E-state index < -0.39 is 5.91 Å². The van der Waals surface area contributed by atoms with E-state index in [1.165, 1.54) is 4.90 Å². The van der Waals surface area contributed by atoms with E-state index in [1.54, 1.807) is 6.07 Å². The van der Waals surface area contributed by atoms with E-state index in [9.17, 15) is 4.79 Å². The molecule has 5 nitrogen and oxygen atoms in total. The molecule has 0 saturated carbocycles. The lowest BCUT2D eigenvalue weighted by atomic mass is 10.2. The van der Waals surface area contributed by atoms with Crippen LogP contribution in [0.3, 0.4) is 0 Å². The van der Waals surface area contributed by atoms with Gasteiger partial charge in [-0.1, -0.05) is 17.3 Å². The third kappa shape index (κ3) is 4.10. The number of rotatable bonds is 4. The van der Waals surface area contributed by atoms with Crippen molar-refractivity contribution in [3.8, 4) is 0 Å². The van der Waals surface area contributed by atoms with Gasteiger partial charge in [0.25, 0.3) is 5.91 Å². The first-order chi connectivity index (χ1) is 7.61. The quantitative estimate of drug-likeness (QED) is 0.373. The van der Waals surface area contributed by atoms with Gasteiger partial charge >= 0.3 is 0 Å². The van der Waals surface area contributed by atoms with Crippen molar-refractivity contribution in [2.45, 2.75) is 6.54 Å². The molecule has 0 bridgehead atoms. The lowest BCUT2D eigenvalue weighted by Gasteiger charge is -2.08. The molecular formula is C11H16N3O2+. The Morgan fingerprint density at radius 2 is 2.31 bits per heavy atom. The fourth-order valence-electron chi connectivity index (χ4n) is 1.39. The predicted octanol–water partition coefficient (Wildman–Crippen LogP) is -0.270. The number of hydrogen-bond acceptors (Lipinski definition) is 3. The lowest BCUT2D eigenvalue weighted by Crippen LogP contribution is -3.04. The molecule has 1 aromatic rings. The van der Waals surface area contributed by atoms with Gasteiger partial charge in [0.15, 0.2) is 0 Å². The van der Waals surface area contributed by atoms with Crippen LogP contribution in [-0.2, 0) is 11.3 Å². The zero-order valence-corrected chi connectivity index (χ0v) is 9.40. The smallest absolute Gasteiger partial charge is 0.270 e. The molecule has 3 N–H and O–H groups in total. The first-order valence-electron chi connectivity index (χ1n) is 4.98. The summed E-state index contributed by atoms with van der Waals surface area (Å²) in [4.78, 5) is 12.4. The number of hydrogen-bond donors (Lipinski definition) is 3. The van der Waals surface area contributed by atoms with Crippen molar-refractivity contribution in [3.63, 3.8) is 0 Å². The molecule has 1 aromatic carbocycles. The van der Waals surface area contributed by atoms with Crippen LogP contribution < -0.4 is 10.2 Å². The molecule has 0 atom stereocenters. The van der Waals surface area contributed by atoms with Gasteiger partial charge in [0.2, 0.25) is 0 Å². The van der Waals surface area contributed by atoms with Crippen LogP contribution in [-0.4, -0.2) is 31.4 Å². The Bertz CT molecular complexity index is 389. The second-order valence-electron chi connectivity index (χ2n) is 3.82. The number of nitrogens with zero attached hydrogens (tertiary/aromatic N) is 1. The van der Waals surface area contributed by atoms with E-state index in [0.29, 0.717) is 5.69 Å². The Kier molecular flexibility index (Phi) is 4.47. The Morgan fingerprint density at radius 1 is 1.56 bits per heavy atom. The van der Waals surface area contributed by atoms with Crippen LogP contribution in [0, 0.1) is 0 Å². The molecule has 16 heavy (non-hydrogen) atoms. The fourth-order valence-corrected chi connectivity index (χ4v) is 1.39. The molecule has 0 aliphatic carbocycles. The maximum absolute atomic E-state index is 11.1. The fraction of sp³-hybridized carbons (Fsp3) is 0.273. The number of carbonyl (C=O) groups is 1. The Balaban J connectivity index is 2.70. The summed E-state index contributed by atoms with van der Waals surface area (Å²) in [5.74, 6) is -0.447. The summed E-state index contributed by atoms with van der Waals surface area (Å²) in [6, 6.07) is 7.57. The van der Waals surface area contributed by atoms with Gasteiger partial charge in [0.05, 0.1) is 14.1 Å². The van der Waals surface area contributed by atoms with E-state index >= 15 is 0 Å². The van der Waals surface area contributed by atoms with E-state index in [2.05, 4.69) is 24.6 Å². The van der Waals surface area contributed by atoms with Crippen LogP contribution in [0.25, 0.3) is 0 Å². The number of anilines is 1. The SMILES string of the molecule is C[NH+](C)Cc1cccc(NC(=O)C=NO)c1. The summed E-state index contributed by atoms with van der Waals surface area (Å²) in [6.07, 6.45) is 0.823. The van der Waals surface area contributed by atoms with Crippen LogP contribution in [0.2, 0.25) is 0 Å². The molecule has 0 aliphatic rings. The van der Waals surface area contributed by atoms with Crippen LogP contribution in [0.15, 0.2) is 29.4 Å². The van der Waals surface area contributed by atoms with Crippen molar-refractivity contribution >= 4 is 17.8 Å². The summed E-state index contributed by atoms with van der Waals surface area (Å²) in [6.45, 7) is 0.887. The van der Waals surface area contributed by atoms with Gasteiger partial charge in [-0.05, 0) is 12.1 Å². The zero-order chi connectivity index (χ0) is 12.0. The maximum atomic E-state index is 11.1. The monoisotopic (exact) mass is 222 g/mol. The Labute approximate surface area is 94.4 Å². The second kappa shape index (κ2) is 5.87. The standard InChI is InChI=1S/C11H15N3O2/c1-14(2)8-9-4-3-5-10(6-9)13-11(15)7-12-16/h3-7,16H,8H2,1-2H3,(H,13,15)/p+1. The normalized spacial score (nSPS) is 10.9. The molecule has 0 saturated heterocycles. The number of benzene rings is 1. The number of amides is 1. The highest BCUT2D eigenvalue weighted by atomic mass is 16.4. The highest BCUT2D eigenvalue weighted by Crippen LogP contribution is 2.09. The number of oxime groups is 1. The molecule has 0 spiro atoms. The lowest BCUT2D eigenvalue weighted by molar-refractivity contribution is -0.872. The highest BCUT2D eigenvalue weighted by Gasteiger charge is 2.02. The Hall–Kier alpha value is -1.88. The molecule has 0 aliphatic heterocycles. The largest absolute Gasteiger partial charge is 0.411 e. The number of carbonyl (C=O) groups excluding carboxylic acids is 1. The molecule has 0 heterocycles. The molecule has 1 rings (SSSR count). The predicted molar refractivity (Wildman–Crippen MR) is 61.9 cm³/mol. The average Bonchev–Trinajstić information content (AvgIpc) is 2.17. The summed E-state index contributed by atoms with van der Waals surface area (Å²) < 4.78 is 0. The van der Waals surface area contributed by atoms with Gasteiger partial charge in [-0.15, -0.1) is 0 Å². The van der Waals surface area contributed by atoms with Crippen LogP contribution in [0.4, 0.5) is 5.69 Å². The Morgan fingerprint density at radius 3 is 2.94 bits per heavy atom. The van der Waals surface area contributed by atoms with Crippen molar-refractivity contribution in [2.75, 3.05) is 19.4 Å². The molecule has 0 unspecified atom stereocenters. The molecule has 1 amide bonds. The molecular weight excluding hydrogens is 206 g/mol. The van der Waals surface area contributed by atoms with E-state index in [1.807, 2.05) is 18.2 Å². The van der Waals surface area contributed by atoms with Crippen LogP contribution in [0.5, 0.6) is 0 Å². The van der Waals surface area contributed by atoms with Gasteiger partial charge in [-0.25, -0.2) is 0 Å². The van der Waals surface area contributed by atoms with E-state index in [-0.39, 0.29) is 0 Å². The third-order valence-corrected chi connectivity index (χ3v) is 1.93. The molecule has 86 valence electrons. The first-order valence-corrected chi connectivity index (χ1v) is 4.98. The van der Waals surface area contributed by atoms with Crippen molar-refractivity contribution in [1.82, 2.24) is 0 Å². The number of quaternary nitrogens is 1.